The van der Waals surface area contributed by atoms with E-state index in [2.05, 4.69) is 5.32 Å². The standard InChI is InChI=1S/C15H19NO2.ClH/c17-15(18-10-11-5-2-1-3-6-11)14-9-12-7-4-8-13(12)16-14;/h1-3,5-6,12-14,16H,4,7-10H2;1H. The lowest BCUT2D eigenvalue weighted by Crippen LogP contribution is -2.36. The zero-order valence-corrected chi connectivity index (χ0v) is 11.7. The first-order valence-electron chi connectivity index (χ1n) is 6.79. The molecule has 3 unspecified atom stereocenters. The third kappa shape index (κ3) is 3.28. The number of fused-ring (bicyclic) bond motifs is 1. The lowest BCUT2D eigenvalue weighted by Gasteiger charge is -2.12. The van der Waals surface area contributed by atoms with Gasteiger partial charge >= 0.3 is 5.97 Å². The third-order valence-corrected chi connectivity index (χ3v) is 4.12. The molecule has 1 aromatic carbocycles. The predicted octanol–water partition coefficient (Wildman–Crippen LogP) is 2.68. The minimum atomic E-state index is -0.0896. The number of hydrogen-bond donors (Lipinski definition) is 1. The molecule has 1 saturated heterocycles. The van der Waals surface area contributed by atoms with Crippen LogP contribution in [0.25, 0.3) is 0 Å². The maximum atomic E-state index is 12.0. The van der Waals surface area contributed by atoms with E-state index < -0.39 is 0 Å². The first kappa shape index (κ1) is 14.4. The van der Waals surface area contributed by atoms with Crippen LogP contribution in [0.1, 0.15) is 31.2 Å². The molecular formula is C15H20ClNO2. The molecule has 2 aliphatic rings. The van der Waals surface area contributed by atoms with Crippen LogP contribution in [-0.4, -0.2) is 18.1 Å². The summed E-state index contributed by atoms with van der Waals surface area (Å²) in [7, 11) is 0. The molecular weight excluding hydrogens is 262 g/mol. The van der Waals surface area contributed by atoms with Gasteiger partial charge in [-0.25, -0.2) is 0 Å². The lowest BCUT2D eigenvalue weighted by molar-refractivity contribution is -0.147. The highest BCUT2D eigenvalue weighted by atomic mass is 35.5. The Kier molecular flexibility index (Phi) is 4.83. The fourth-order valence-corrected chi connectivity index (χ4v) is 3.16. The number of carbonyl (C=O) groups excluding carboxylic acids is 1. The number of nitrogens with one attached hydrogen (secondary N) is 1. The second kappa shape index (κ2) is 6.40. The van der Waals surface area contributed by atoms with Crippen LogP contribution >= 0.6 is 12.4 Å². The van der Waals surface area contributed by atoms with Crippen LogP contribution in [0.5, 0.6) is 0 Å². The summed E-state index contributed by atoms with van der Waals surface area (Å²) in [5.74, 6) is 0.604. The van der Waals surface area contributed by atoms with Gasteiger partial charge in [-0.2, -0.15) is 0 Å². The van der Waals surface area contributed by atoms with Gasteiger partial charge in [-0.1, -0.05) is 36.8 Å². The zero-order chi connectivity index (χ0) is 12.4. The number of ether oxygens (including phenoxy) is 1. The van der Waals surface area contributed by atoms with Crippen LogP contribution < -0.4 is 5.32 Å². The van der Waals surface area contributed by atoms with Gasteiger partial charge in [0.2, 0.25) is 0 Å². The van der Waals surface area contributed by atoms with Gasteiger partial charge in [0.15, 0.2) is 0 Å². The SMILES string of the molecule is Cl.O=C(OCc1ccccc1)C1CC2CCCC2N1. The molecule has 0 spiro atoms. The highest BCUT2D eigenvalue weighted by molar-refractivity contribution is 5.85. The van der Waals surface area contributed by atoms with Crippen LogP contribution in [-0.2, 0) is 16.1 Å². The molecule has 104 valence electrons. The van der Waals surface area contributed by atoms with E-state index in [1.54, 1.807) is 0 Å². The molecule has 1 N–H and O–H groups in total. The number of rotatable bonds is 3. The Balaban J connectivity index is 0.00000133. The van der Waals surface area contributed by atoms with E-state index in [9.17, 15) is 4.79 Å². The van der Waals surface area contributed by atoms with E-state index in [4.69, 9.17) is 4.74 Å². The molecule has 0 aromatic heterocycles. The van der Waals surface area contributed by atoms with Crippen molar-refractivity contribution in [2.24, 2.45) is 5.92 Å². The van der Waals surface area contributed by atoms with Crippen LogP contribution in [0.2, 0.25) is 0 Å². The van der Waals surface area contributed by atoms with Crippen molar-refractivity contribution in [3.05, 3.63) is 35.9 Å². The first-order chi connectivity index (χ1) is 8.83. The molecule has 2 fully saturated rings. The summed E-state index contributed by atoms with van der Waals surface area (Å²) >= 11 is 0. The number of benzene rings is 1. The summed E-state index contributed by atoms with van der Waals surface area (Å²) in [6.07, 6.45) is 4.74. The van der Waals surface area contributed by atoms with Crippen molar-refractivity contribution in [2.45, 2.75) is 44.4 Å². The Labute approximate surface area is 120 Å². The second-order valence-electron chi connectivity index (χ2n) is 5.35. The highest BCUT2D eigenvalue weighted by Gasteiger charge is 2.40. The largest absolute Gasteiger partial charge is 0.460 e. The van der Waals surface area contributed by atoms with Gasteiger partial charge in [0, 0.05) is 6.04 Å². The fourth-order valence-electron chi connectivity index (χ4n) is 3.16. The number of esters is 1. The number of carbonyl (C=O) groups is 1. The predicted molar refractivity (Wildman–Crippen MR) is 76.2 cm³/mol. The molecule has 0 radical (unpaired) electrons. The van der Waals surface area contributed by atoms with Gasteiger partial charge in [0.25, 0.3) is 0 Å². The summed E-state index contributed by atoms with van der Waals surface area (Å²) in [4.78, 5) is 12.0. The van der Waals surface area contributed by atoms with Crippen molar-refractivity contribution >= 4 is 18.4 Å². The van der Waals surface area contributed by atoms with Gasteiger partial charge in [-0.3, -0.25) is 4.79 Å². The topological polar surface area (TPSA) is 38.3 Å². The average molecular weight is 282 g/mol. The molecule has 1 aliphatic heterocycles. The Bertz CT molecular complexity index is 411. The molecule has 1 saturated carbocycles. The molecule has 3 rings (SSSR count). The number of hydrogen-bond acceptors (Lipinski definition) is 3. The highest BCUT2D eigenvalue weighted by Crippen LogP contribution is 2.34. The zero-order valence-electron chi connectivity index (χ0n) is 10.9. The van der Waals surface area contributed by atoms with E-state index in [-0.39, 0.29) is 24.4 Å². The summed E-state index contributed by atoms with van der Waals surface area (Å²) in [5.41, 5.74) is 1.05. The lowest BCUT2D eigenvalue weighted by atomic mass is 10.0. The molecule has 3 atom stereocenters. The fraction of sp³-hybridized carbons (Fsp3) is 0.533. The molecule has 0 bridgehead atoms. The summed E-state index contributed by atoms with van der Waals surface area (Å²) in [6, 6.07) is 10.3. The minimum absolute atomic E-state index is 0. The summed E-state index contributed by atoms with van der Waals surface area (Å²) < 4.78 is 5.38. The van der Waals surface area contributed by atoms with Crippen molar-refractivity contribution in [3.8, 4) is 0 Å². The molecule has 4 heteroatoms. The Hall–Kier alpha value is -1.06. The molecule has 1 aliphatic carbocycles. The van der Waals surface area contributed by atoms with Crippen molar-refractivity contribution < 1.29 is 9.53 Å². The maximum Gasteiger partial charge on any atom is 0.323 e. The maximum absolute atomic E-state index is 12.0. The van der Waals surface area contributed by atoms with E-state index in [1.165, 1.54) is 19.3 Å². The van der Waals surface area contributed by atoms with Gasteiger partial charge < -0.3 is 10.1 Å². The molecule has 1 heterocycles. The van der Waals surface area contributed by atoms with Gasteiger partial charge in [0.1, 0.15) is 12.6 Å². The first-order valence-corrected chi connectivity index (χ1v) is 6.79. The van der Waals surface area contributed by atoms with Crippen molar-refractivity contribution in [3.63, 3.8) is 0 Å². The van der Waals surface area contributed by atoms with Crippen LogP contribution in [0, 0.1) is 5.92 Å². The summed E-state index contributed by atoms with van der Waals surface area (Å²) in [5, 5.41) is 3.41. The Morgan fingerprint density at radius 1 is 1.26 bits per heavy atom. The quantitative estimate of drug-likeness (QED) is 0.866. The molecule has 19 heavy (non-hydrogen) atoms. The van der Waals surface area contributed by atoms with Gasteiger partial charge in [0.05, 0.1) is 0 Å². The Morgan fingerprint density at radius 2 is 2.05 bits per heavy atom. The van der Waals surface area contributed by atoms with Crippen molar-refractivity contribution in [1.82, 2.24) is 5.32 Å². The van der Waals surface area contributed by atoms with Crippen LogP contribution in [0.4, 0.5) is 0 Å². The summed E-state index contributed by atoms with van der Waals surface area (Å²) in [6.45, 7) is 0.382. The van der Waals surface area contributed by atoms with E-state index in [0.717, 1.165) is 12.0 Å². The van der Waals surface area contributed by atoms with Gasteiger partial charge in [-0.05, 0) is 30.7 Å². The average Bonchev–Trinajstić information content (AvgIpc) is 2.98. The molecule has 3 nitrogen and oxygen atoms in total. The van der Waals surface area contributed by atoms with Crippen molar-refractivity contribution in [2.75, 3.05) is 0 Å². The van der Waals surface area contributed by atoms with Gasteiger partial charge in [-0.15, -0.1) is 12.4 Å². The Morgan fingerprint density at radius 3 is 2.79 bits per heavy atom. The van der Waals surface area contributed by atoms with E-state index in [0.29, 0.717) is 18.6 Å². The molecule has 1 aromatic rings. The normalized spacial score (nSPS) is 28.5. The van der Waals surface area contributed by atoms with E-state index in [1.807, 2.05) is 30.3 Å². The van der Waals surface area contributed by atoms with Crippen LogP contribution in [0.3, 0.4) is 0 Å². The van der Waals surface area contributed by atoms with E-state index >= 15 is 0 Å². The monoisotopic (exact) mass is 281 g/mol. The number of halogens is 1. The molecule has 0 amide bonds. The second-order valence-corrected chi connectivity index (χ2v) is 5.35. The minimum Gasteiger partial charge on any atom is -0.460 e. The third-order valence-electron chi connectivity index (χ3n) is 4.12. The van der Waals surface area contributed by atoms with Crippen molar-refractivity contribution in [1.29, 1.82) is 0 Å². The van der Waals surface area contributed by atoms with Crippen LogP contribution in [0.15, 0.2) is 30.3 Å². The smallest absolute Gasteiger partial charge is 0.323 e.